The Bertz CT molecular complexity index is 604. The van der Waals surface area contributed by atoms with Crippen LogP contribution in [0.5, 0.6) is 0 Å². The van der Waals surface area contributed by atoms with Crippen LogP contribution in [0.1, 0.15) is 43.7 Å². The number of nitrogens with zero attached hydrogens (tertiary/aromatic N) is 3. The molecule has 6 nitrogen and oxygen atoms in total. The number of guanidine groups is 1. The van der Waals surface area contributed by atoms with Gasteiger partial charge in [-0.15, -0.1) is 24.0 Å². The van der Waals surface area contributed by atoms with Crippen LogP contribution < -0.4 is 11.1 Å². The summed E-state index contributed by atoms with van der Waals surface area (Å²) in [6, 6.07) is 9.53. The zero-order valence-corrected chi connectivity index (χ0v) is 20.1. The summed E-state index contributed by atoms with van der Waals surface area (Å²) in [7, 11) is 0. The van der Waals surface area contributed by atoms with Crippen LogP contribution in [-0.4, -0.2) is 67.7 Å². The fourth-order valence-corrected chi connectivity index (χ4v) is 3.95. The van der Waals surface area contributed by atoms with Gasteiger partial charge in [0.1, 0.15) is 0 Å². The average Bonchev–Trinajstić information content (AvgIpc) is 2.73. The van der Waals surface area contributed by atoms with Gasteiger partial charge in [-0.05, 0) is 50.4 Å². The zero-order chi connectivity index (χ0) is 19.6. The Morgan fingerprint density at radius 2 is 1.86 bits per heavy atom. The van der Waals surface area contributed by atoms with Crippen LogP contribution in [0.25, 0.3) is 0 Å². The minimum atomic E-state index is 0. The van der Waals surface area contributed by atoms with E-state index >= 15 is 0 Å². The number of hydrogen-bond acceptors (Lipinski definition) is 4. The van der Waals surface area contributed by atoms with Crippen molar-refractivity contribution in [3.8, 4) is 0 Å². The van der Waals surface area contributed by atoms with E-state index in [4.69, 9.17) is 10.5 Å². The topological polar surface area (TPSA) is 66.1 Å². The molecule has 2 aliphatic rings. The van der Waals surface area contributed by atoms with E-state index in [9.17, 15) is 0 Å². The van der Waals surface area contributed by atoms with E-state index in [2.05, 4.69) is 51.3 Å². The molecule has 164 valence electrons. The van der Waals surface area contributed by atoms with Crippen molar-refractivity contribution in [3.05, 3.63) is 35.4 Å². The molecule has 0 bridgehead atoms. The van der Waals surface area contributed by atoms with Crippen molar-refractivity contribution in [1.82, 2.24) is 15.1 Å². The lowest BCUT2D eigenvalue weighted by molar-refractivity contribution is 0.0376. The van der Waals surface area contributed by atoms with Gasteiger partial charge in [0.25, 0.3) is 0 Å². The highest BCUT2D eigenvalue weighted by Crippen LogP contribution is 2.19. The number of rotatable bonds is 8. The third kappa shape index (κ3) is 8.78. The molecule has 0 radical (unpaired) electrons. The van der Waals surface area contributed by atoms with Crippen molar-refractivity contribution in [3.63, 3.8) is 0 Å². The van der Waals surface area contributed by atoms with Gasteiger partial charge in [-0.2, -0.15) is 0 Å². The summed E-state index contributed by atoms with van der Waals surface area (Å²) in [6.07, 6.45) is 5.10. The van der Waals surface area contributed by atoms with Crippen LogP contribution in [-0.2, 0) is 17.8 Å². The van der Waals surface area contributed by atoms with E-state index in [-0.39, 0.29) is 24.0 Å². The summed E-state index contributed by atoms with van der Waals surface area (Å²) in [6.45, 7) is 11.0. The third-order valence-electron chi connectivity index (χ3n) is 5.84. The lowest BCUT2D eigenvalue weighted by atomic mass is 10.0. The predicted octanol–water partition coefficient (Wildman–Crippen LogP) is 2.81. The summed E-state index contributed by atoms with van der Waals surface area (Å²) in [5.74, 6) is 0.535. The van der Waals surface area contributed by atoms with Crippen LogP contribution >= 0.6 is 24.0 Å². The highest BCUT2D eigenvalue weighted by molar-refractivity contribution is 14.0. The highest BCUT2D eigenvalue weighted by Gasteiger charge is 2.17. The van der Waals surface area contributed by atoms with Crippen LogP contribution in [0.3, 0.4) is 0 Å². The van der Waals surface area contributed by atoms with Crippen LogP contribution in [0.4, 0.5) is 0 Å². The Kier molecular flexibility index (Phi) is 11.3. The molecule has 1 aromatic carbocycles. The minimum absolute atomic E-state index is 0. The molecule has 2 aliphatic heterocycles. The van der Waals surface area contributed by atoms with E-state index in [1.54, 1.807) is 0 Å². The van der Waals surface area contributed by atoms with Gasteiger partial charge in [-0.3, -0.25) is 9.80 Å². The molecule has 2 fully saturated rings. The number of halogens is 1. The summed E-state index contributed by atoms with van der Waals surface area (Å²) in [5, 5.41) is 3.23. The SMILES string of the molecule is CC1CCCCN1Cc1ccc(CN=C(N)NCCCN2CCOCC2)cc1.I. The van der Waals surface area contributed by atoms with Crippen molar-refractivity contribution in [2.24, 2.45) is 10.7 Å². The Labute approximate surface area is 193 Å². The second kappa shape index (κ2) is 13.4. The standard InChI is InChI=1S/C22H37N5O.HI/c1-19-5-2-3-12-27(19)18-21-8-6-20(7-9-21)17-25-22(23)24-10-4-11-26-13-15-28-16-14-26;/h6-9,19H,2-5,10-18H2,1H3,(H3,23,24,25);1H. The number of benzene rings is 1. The second-order valence-electron chi connectivity index (χ2n) is 8.07. The number of nitrogens with one attached hydrogen (secondary N) is 1. The maximum Gasteiger partial charge on any atom is 0.188 e. The lowest BCUT2D eigenvalue weighted by Crippen LogP contribution is -2.39. The monoisotopic (exact) mass is 515 g/mol. The molecule has 0 saturated carbocycles. The molecule has 0 aromatic heterocycles. The quantitative estimate of drug-likeness (QED) is 0.241. The summed E-state index contributed by atoms with van der Waals surface area (Å²) < 4.78 is 5.37. The van der Waals surface area contributed by atoms with E-state index in [0.29, 0.717) is 18.5 Å². The van der Waals surface area contributed by atoms with Crippen LogP contribution in [0, 0.1) is 0 Å². The number of nitrogens with two attached hydrogens (primary N) is 1. The Morgan fingerprint density at radius 3 is 2.59 bits per heavy atom. The number of morpholine rings is 1. The molecule has 29 heavy (non-hydrogen) atoms. The first-order chi connectivity index (χ1) is 13.7. The molecule has 1 aromatic rings. The van der Waals surface area contributed by atoms with Crippen molar-refractivity contribution in [2.75, 3.05) is 45.9 Å². The van der Waals surface area contributed by atoms with Gasteiger partial charge < -0.3 is 15.8 Å². The fraction of sp³-hybridized carbons (Fsp3) is 0.682. The molecular weight excluding hydrogens is 477 g/mol. The molecule has 2 saturated heterocycles. The summed E-state index contributed by atoms with van der Waals surface area (Å²) in [5.41, 5.74) is 8.60. The number of aliphatic imine (C=N–C) groups is 1. The summed E-state index contributed by atoms with van der Waals surface area (Å²) >= 11 is 0. The molecule has 3 N–H and O–H groups in total. The Balaban J connectivity index is 0.00000300. The number of hydrogen-bond donors (Lipinski definition) is 2. The Hall–Kier alpha value is -0.900. The molecule has 7 heteroatoms. The van der Waals surface area contributed by atoms with E-state index in [1.807, 2.05) is 0 Å². The van der Waals surface area contributed by atoms with Gasteiger partial charge in [0, 0.05) is 32.2 Å². The van der Waals surface area contributed by atoms with Crippen molar-refractivity contribution in [2.45, 2.75) is 51.7 Å². The maximum absolute atomic E-state index is 6.01. The summed E-state index contributed by atoms with van der Waals surface area (Å²) in [4.78, 5) is 9.50. The number of ether oxygens (including phenoxy) is 1. The fourth-order valence-electron chi connectivity index (χ4n) is 3.95. The largest absolute Gasteiger partial charge is 0.379 e. The van der Waals surface area contributed by atoms with Gasteiger partial charge in [0.15, 0.2) is 5.96 Å². The number of piperidine rings is 1. The normalized spacial score (nSPS) is 21.6. The first-order valence-electron chi connectivity index (χ1n) is 10.9. The van der Waals surface area contributed by atoms with Crippen molar-refractivity contribution < 1.29 is 4.74 Å². The molecule has 2 heterocycles. The average molecular weight is 515 g/mol. The van der Waals surface area contributed by atoms with E-state index in [1.165, 1.54) is 36.9 Å². The first kappa shape index (κ1) is 24.4. The van der Waals surface area contributed by atoms with Gasteiger partial charge in [-0.25, -0.2) is 4.99 Å². The molecule has 0 aliphatic carbocycles. The highest BCUT2D eigenvalue weighted by atomic mass is 127. The van der Waals surface area contributed by atoms with Crippen LogP contribution in [0.15, 0.2) is 29.3 Å². The lowest BCUT2D eigenvalue weighted by Gasteiger charge is -2.33. The zero-order valence-electron chi connectivity index (χ0n) is 17.8. The van der Waals surface area contributed by atoms with Crippen molar-refractivity contribution in [1.29, 1.82) is 0 Å². The molecule has 0 amide bonds. The van der Waals surface area contributed by atoms with Crippen LogP contribution in [0.2, 0.25) is 0 Å². The van der Waals surface area contributed by atoms with Gasteiger partial charge in [0.05, 0.1) is 19.8 Å². The predicted molar refractivity (Wildman–Crippen MR) is 131 cm³/mol. The first-order valence-corrected chi connectivity index (χ1v) is 10.9. The van der Waals surface area contributed by atoms with E-state index in [0.717, 1.165) is 52.4 Å². The minimum Gasteiger partial charge on any atom is -0.379 e. The molecular formula is C22H38IN5O. The van der Waals surface area contributed by atoms with Gasteiger partial charge >= 0.3 is 0 Å². The number of likely N-dealkylation sites (tertiary alicyclic amines) is 1. The maximum atomic E-state index is 6.01. The molecule has 0 spiro atoms. The Morgan fingerprint density at radius 1 is 1.14 bits per heavy atom. The van der Waals surface area contributed by atoms with E-state index < -0.39 is 0 Å². The van der Waals surface area contributed by atoms with Gasteiger partial charge in [-0.1, -0.05) is 30.7 Å². The molecule has 3 rings (SSSR count). The smallest absolute Gasteiger partial charge is 0.188 e. The van der Waals surface area contributed by atoms with Crippen molar-refractivity contribution >= 4 is 29.9 Å². The molecule has 1 unspecified atom stereocenters. The molecule has 1 atom stereocenters. The second-order valence-corrected chi connectivity index (χ2v) is 8.07. The third-order valence-corrected chi connectivity index (χ3v) is 5.84. The van der Waals surface area contributed by atoms with Gasteiger partial charge in [0.2, 0.25) is 0 Å².